The summed E-state index contributed by atoms with van der Waals surface area (Å²) in [6, 6.07) is 10.1. The second-order valence-corrected chi connectivity index (χ2v) is 9.27. The van der Waals surface area contributed by atoms with E-state index in [0.717, 1.165) is 74.0 Å². The molecule has 168 valence electrons. The highest BCUT2D eigenvalue weighted by atomic mass is 19.1. The van der Waals surface area contributed by atoms with Crippen LogP contribution >= 0.6 is 0 Å². The summed E-state index contributed by atoms with van der Waals surface area (Å²) >= 11 is 0. The number of pyridine rings is 1. The van der Waals surface area contributed by atoms with Crippen molar-refractivity contribution in [1.29, 1.82) is 0 Å². The summed E-state index contributed by atoms with van der Waals surface area (Å²) in [5.41, 5.74) is 2.84. The van der Waals surface area contributed by atoms with Crippen molar-refractivity contribution in [3.63, 3.8) is 0 Å². The molecule has 0 spiro atoms. The van der Waals surface area contributed by atoms with Crippen molar-refractivity contribution in [2.24, 2.45) is 0 Å². The molecule has 1 atom stereocenters. The Hall–Kier alpha value is -2.60. The average molecular weight is 437 g/mol. The largest absolute Gasteiger partial charge is 0.368 e. The quantitative estimate of drug-likeness (QED) is 0.701. The number of anilines is 1. The first kappa shape index (κ1) is 21.3. The number of fused-ring (bicyclic) bond motifs is 1. The van der Waals surface area contributed by atoms with Gasteiger partial charge in [0.25, 0.3) is 5.91 Å². The van der Waals surface area contributed by atoms with Crippen LogP contribution < -0.4 is 4.90 Å². The van der Waals surface area contributed by atoms with Crippen LogP contribution in [0, 0.1) is 5.82 Å². The summed E-state index contributed by atoms with van der Waals surface area (Å²) in [6.45, 7) is 1.33. The zero-order chi connectivity index (χ0) is 22.1. The highest BCUT2D eigenvalue weighted by Crippen LogP contribution is 2.45. The Morgan fingerprint density at radius 2 is 1.88 bits per heavy atom. The normalized spacial score (nSPS) is 22.0. The molecule has 1 saturated carbocycles. The number of halogens is 1. The number of aromatic nitrogens is 1. The molecule has 1 aromatic heterocycles. The van der Waals surface area contributed by atoms with Crippen LogP contribution in [0.1, 0.15) is 61.9 Å². The Kier molecular flexibility index (Phi) is 5.80. The fourth-order valence-electron chi connectivity index (χ4n) is 5.22. The van der Waals surface area contributed by atoms with Crippen molar-refractivity contribution in [1.82, 2.24) is 4.98 Å². The van der Waals surface area contributed by atoms with Crippen molar-refractivity contribution in [3.05, 3.63) is 59.2 Å². The van der Waals surface area contributed by atoms with Gasteiger partial charge in [-0.05, 0) is 74.8 Å². The predicted octanol–water partition coefficient (Wildman–Crippen LogP) is 4.30. The Morgan fingerprint density at radius 3 is 2.56 bits per heavy atom. The minimum Gasteiger partial charge on any atom is -0.368 e. The molecule has 1 aromatic carbocycles. The Balaban J connectivity index is 1.39. The summed E-state index contributed by atoms with van der Waals surface area (Å²) in [4.78, 5) is 33.2. The highest BCUT2D eigenvalue weighted by molar-refractivity contribution is 5.98. The van der Waals surface area contributed by atoms with Gasteiger partial charge in [0.2, 0.25) is 0 Å². The van der Waals surface area contributed by atoms with Crippen molar-refractivity contribution in [2.45, 2.75) is 69.3 Å². The van der Waals surface area contributed by atoms with E-state index in [1.807, 2.05) is 17.0 Å². The monoisotopic (exact) mass is 436 g/mol. The molecule has 3 aliphatic rings. The van der Waals surface area contributed by atoms with Crippen molar-refractivity contribution >= 4 is 17.4 Å². The number of carbonyl (C=O) groups is 2. The lowest BCUT2D eigenvalue weighted by molar-refractivity contribution is -0.132. The second kappa shape index (κ2) is 8.74. The van der Waals surface area contributed by atoms with Gasteiger partial charge < -0.3 is 9.64 Å². The van der Waals surface area contributed by atoms with Gasteiger partial charge in [-0.25, -0.2) is 4.39 Å². The number of Topliss-reactive ketones (excluding diaryl/α,β-unsaturated/α-hetero) is 1. The number of amides is 1. The molecule has 2 aromatic rings. The fourth-order valence-corrected chi connectivity index (χ4v) is 5.22. The van der Waals surface area contributed by atoms with E-state index in [1.54, 1.807) is 12.1 Å². The van der Waals surface area contributed by atoms with Crippen LogP contribution in [0.5, 0.6) is 0 Å². The lowest BCUT2D eigenvalue weighted by Gasteiger charge is -2.41. The lowest BCUT2D eigenvalue weighted by atomic mass is 9.62. The molecule has 1 saturated heterocycles. The van der Waals surface area contributed by atoms with Gasteiger partial charge in [0.1, 0.15) is 17.7 Å². The first-order chi connectivity index (χ1) is 15.6. The summed E-state index contributed by atoms with van der Waals surface area (Å²) in [6.07, 6.45) is 6.97. The van der Waals surface area contributed by atoms with E-state index in [4.69, 9.17) is 9.72 Å². The molecule has 0 N–H and O–H groups in total. The Morgan fingerprint density at radius 1 is 1.06 bits per heavy atom. The van der Waals surface area contributed by atoms with E-state index >= 15 is 0 Å². The topological polar surface area (TPSA) is 59.5 Å². The van der Waals surface area contributed by atoms with Crippen molar-refractivity contribution < 1.29 is 18.7 Å². The summed E-state index contributed by atoms with van der Waals surface area (Å²) in [7, 11) is 0. The molecular formula is C26H29FN2O3. The van der Waals surface area contributed by atoms with Crippen LogP contribution in [0.3, 0.4) is 0 Å². The molecule has 32 heavy (non-hydrogen) atoms. The van der Waals surface area contributed by atoms with E-state index in [9.17, 15) is 14.0 Å². The molecule has 1 unspecified atom stereocenters. The second-order valence-electron chi connectivity index (χ2n) is 9.27. The number of ether oxygens (including phenoxy) is 1. The van der Waals surface area contributed by atoms with Crippen LogP contribution in [0.4, 0.5) is 10.1 Å². The SMILES string of the molecule is O=C(C1CCCCO1)N1CCCc2nc(C3(C(=O)Cc4ccc(F)cc4)CCC3)ccc21. The van der Waals surface area contributed by atoms with Crippen LogP contribution in [-0.4, -0.2) is 35.9 Å². The van der Waals surface area contributed by atoms with E-state index in [0.29, 0.717) is 13.2 Å². The molecule has 6 heteroatoms. The van der Waals surface area contributed by atoms with Crippen LogP contribution in [0.15, 0.2) is 36.4 Å². The van der Waals surface area contributed by atoms with Gasteiger partial charge in [-0.2, -0.15) is 0 Å². The van der Waals surface area contributed by atoms with Gasteiger partial charge in [-0.3, -0.25) is 14.6 Å². The standard InChI is InChI=1S/C26H29FN2O3/c27-19-9-7-18(8-10-19)17-24(30)26(13-4-14-26)23-12-11-21-20(28-23)5-3-15-29(21)25(31)22-6-1-2-16-32-22/h7-12,22H,1-6,13-17H2. The molecule has 5 rings (SSSR count). The van der Waals surface area contributed by atoms with Gasteiger partial charge in [0, 0.05) is 19.6 Å². The molecule has 0 bridgehead atoms. The zero-order valence-corrected chi connectivity index (χ0v) is 18.3. The van der Waals surface area contributed by atoms with Crippen LogP contribution in [-0.2, 0) is 32.6 Å². The average Bonchev–Trinajstić information content (AvgIpc) is 2.79. The third kappa shape index (κ3) is 3.85. The minimum absolute atomic E-state index is 0.0333. The van der Waals surface area contributed by atoms with E-state index in [-0.39, 0.29) is 30.0 Å². The van der Waals surface area contributed by atoms with E-state index in [2.05, 4.69) is 0 Å². The molecular weight excluding hydrogens is 407 g/mol. The maximum atomic E-state index is 13.3. The molecule has 1 aliphatic carbocycles. The number of benzene rings is 1. The van der Waals surface area contributed by atoms with E-state index < -0.39 is 5.41 Å². The van der Waals surface area contributed by atoms with Crippen molar-refractivity contribution in [2.75, 3.05) is 18.1 Å². The first-order valence-electron chi connectivity index (χ1n) is 11.8. The molecule has 2 fully saturated rings. The van der Waals surface area contributed by atoms with Gasteiger partial charge in [-0.15, -0.1) is 0 Å². The van der Waals surface area contributed by atoms with Gasteiger partial charge in [-0.1, -0.05) is 18.6 Å². The van der Waals surface area contributed by atoms with Crippen LogP contribution in [0.25, 0.3) is 0 Å². The molecule has 2 aliphatic heterocycles. The van der Waals surface area contributed by atoms with Crippen molar-refractivity contribution in [3.8, 4) is 0 Å². The number of carbonyl (C=O) groups excluding carboxylic acids is 2. The summed E-state index contributed by atoms with van der Waals surface area (Å²) in [5, 5.41) is 0. The third-order valence-electron chi connectivity index (χ3n) is 7.27. The van der Waals surface area contributed by atoms with E-state index in [1.165, 1.54) is 12.1 Å². The number of ketones is 1. The highest BCUT2D eigenvalue weighted by Gasteiger charge is 2.46. The fraction of sp³-hybridized carbons (Fsp3) is 0.500. The van der Waals surface area contributed by atoms with Gasteiger partial charge in [0.15, 0.2) is 0 Å². The molecule has 5 nitrogen and oxygen atoms in total. The zero-order valence-electron chi connectivity index (χ0n) is 18.3. The summed E-state index contributed by atoms with van der Waals surface area (Å²) in [5.74, 6) is -0.123. The Bertz CT molecular complexity index is 1010. The number of nitrogens with zero attached hydrogens (tertiary/aromatic N) is 2. The number of rotatable bonds is 5. The van der Waals surface area contributed by atoms with Gasteiger partial charge >= 0.3 is 0 Å². The Labute approximate surface area is 188 Å². The lowest BCUT2D eigenvalue weighted by Crippen LogP contribution is -2.46. The smallest absolute Gasteiger partial charge is 0.256 e. The number of aryl methyl sites for hydroxylation is 1. The predicted molar refractivity (Wildman–Crippen MR) is 119 cm³/mol. The molecule has 1 amide bonds. The number of hydrogen-bond acceptors (Lipinski definition) is 4. The minimum atomic E-state index is -0.567. The molecule has 3 heterocycles. The maximum absolute atomic E-state index is 13.3. The first-order valence-corrected chi connectivity index (χ1v) is 11.8. The summed E-state index contributed by atoms with van der Waals surface area (Å²) < 4.78 is 19.0. The van der Waals surface area contributed by atoms with Gasteiger partial charge in [0.05, 0.1) is 22.5 Å². The maximum Gasteiger partial charge on any atom is 0.256 e. The molecule has 0 radical (unpaired) electrons. The number of hydrogen-bond donors (Lipinski definition) is 0. The van der Waals surface area contributed by atoms with Crippen LogP contribution in [0.2, 0.25) is 0 Å². The third-order valence-corrected chi connectivity index (χ3v) is 7.27.